The summed E-state index contributed by atoms with van der Waals surface area (Å²) >= 11 is 0. The molecule has 33 heavy (non-hydrogen) atoms. The quantitative estimate of drug-likeness (QED) is 0.184. The van der Waals surface area contributed by atoms with Crippen LogP contribution in [0, 0.1) is 53.0 Å². The normalized spacial score (nSPS) is 12.1. The molecule has 0 fully saturated rings. The van der Waals surface area contributed by atoms with E-state index in [1.807, 2.05) is 0 Å². The summed E-state index contributed by atoms with van der Waals surface area (Å²) in [5, 5.41) is 21.3. The average Bonchev–Trinajstić information content (AvgIpc) is 3.35. The molecule has 0 spiro atoms. The third-order valence-corrected chi connectivity index (χ3v) is 5.05. The maximum atomic E-state index is 14.0. The van der Waals surface area contributed by atoms with E-state index >= 15 is 0 Å². The van der Waals surface area contributed by atoms with Gasteiger partial charge in [0.1, 0.15) is 18.4 Å². The molecule has 1 amide bonds. The Morgan fingerprint density at radius 2 is 1.70 bits per heavy atom. The van der Waals surface area contributed by atoms with Crippen molar-refractivity contribution in [2.45, 2.75) is 39.8 Å². The first-order valence-corrected chi connectivity index (χ1v) is 9.51. The summed E-state index contributed by atoms with van der Waals surface area (Å²) < 4.78 is 70.5. The number of halogens is 5. The molecule has 14 heteroatoms. The summed E-state index contributed by atoms with van der Waals surface area (Å²) in [6.45, 7) is 3.78. The highest BCUT2D eigenvalue weighted by atomic mass is 19.2. The minimum atomic E-state index is -2.26. The van der Waals surface area contributed by atoms with Crippen molar-refractivity contribution in [3.63, 3.8) is 0 Å². The lowest BCUT2D eigenvalue weighted by molar-refractivity contribution is -0.385. The van der Waals surface area contributed by atoms with Crippen molar-refractivity contribution in [1.29, 1.82) is 0 Å². The van der Waals surface area contributed by atoms with Crippen molar-refractivity contribution >= 4 is 17.3 Å². The molecular formula is C19H17F5N6O3. The van der Waals surface area contributed by atoms with Crippen LogP contribution in [0.15, 0.2) is 12.4 Å². The van der Waals surface area contributed by atoms with Gasteiger partial charge >= 0.3 is 5.69 Å². The zero-order chi connectivity index (χ0) is 24.6. The molecule has 1 unspecified atom stereocenters. The van der Waals surface area contributed by atoms with Crippen LogP contribution in [0.1, 0.15) is 36.3 Å². The Morgan fingerprint density at radius 3 is 2.21 bits per heavy atom. The highest BCUT2D eigenvalue weighted by molar-refractivity contribution is 5.94. The number of hydrogen-bond acceptors (Lipinski definition) is 5. The summed E-state index contributed by atoms with van der Waals surface area (Å²) in [5.74, 6) is -11.0. The Bertz CT molecular complexity index is 1230. The van der Waals surface area contributed by atoms with Gasteiger partial charge in [-0.2, -0.15) is 10.2 Å². The second kappa shape index (κ2) is 8.96. The van der Waals surface area contributed by atoms with Crippen molar-refractivity contribution in [3.8, 4) is 0 Å². The van der Waals surface area contributed by atoms with Crippen molar-refractivity contribution in [3.05, 3.63) is 68.5 Å². The SMILES string of the molecule is CCC(C(=O)Nc1c(C)nn(Cc2c(F)c(F)c(F)c(F)c2F)c1C)n1cc([N+](=O)[O-])cn1. The molecule has 0 bridgehead atoms. The van der Waals surface area contributed by atoms with Gasteiger partial charge < -0.3 is 5.32 Å². The minimum Gasteiger partial charge on any atom is -0.321 e. The molecule has 1 aromatic carbocycles. The van der Waals surface area contributed by atoms with Crippen LogP contribution in [0.5, 0.6) is 0 Å². The fourth-order valence-electron chi connectivity index (χ4n) is 3.26. The maximum absolute atomic E-state index is 14.0. The summed E-state index contributed by atoms with van der Waals surface area (Å²) in [6, 6.07) is -0.920. The number of hydrogen-bond donors (Lipinski definition) is 1. The Kier molecular flexibility index (Phi) is 6.46. The number of nitrogens with one attached hydrogen (secondary N) is 1. The van der Waals surface area contributed by atoms with Gasteiger partial charge in [-0.25, -0.2) is 22.0 Å². The topological polar surface area (TPSA) is 108 Å². The van der Waals surface area contributed by atoms with Crippen molar-refractivity contribution < 1.29 is 31.7 Å². The van der Waals surface area contributed by atoms with Crippen LogP contribution >= 0.6 is 0 Å². The number of nitro groups is 1. The first kappa shape index (κ1) is 23.8. The average molecular weight is 472 g/mol. The predicted molar refractivity (Wildman–Crippen MR) is 104 cm³/mol. The van der Waals surface area contributed by atoms with E-state index in [-0.39, 0.29) is 29.2 Å². The van der Waals surface area contributed by atoms with Crippen LogP contribution in [0.3, 0.4) is 0 Å². The molecule has 1 atom stereocenters. The maximum Gasteiger partial charge on any atom is 0.307 e. The van der Waals surface area contributed by atoms with E-state index in [1.165, 1.54) is 13.8 Å². The number of amides is 1. The summed E-state index contributed by atoms with van der Waals surface area (Å²) in [6.07, 6.45) is 2.32. The molecule has 0 aliphatic heterocycles. The number of aryl methyl sites for hydroxylation is 1. The number of aromatic nitrogens is 4. The van der Waals surface area contributed by atoms with Gasteiger partial charge in [-0.15, -0.1) is 0 Å². The molecule has 3 rings (SSSR count). The molecule has 3 aromatic rings. The highest BCUT2D eigenvalue weighted by Crippen LogP contribution is 2.27. The second-order valence-electron chi connectivity index (χ2n) is 7.10. The van der Waals surface area contributed by atoms with Crippen LogP contribution < -0.4 is 5.32 Å². The molecule has 9 nitrogen and oxygen atoms in total. The third-order valence-electron chi connectivity index (χ3n) is 5.05. The lowest BCUT2D eigenvalue weighted by Crippen LogP contribution is -2.26. The smallest absolute Gasteiger partial charge is 0.307 e. The standard InChI is InChI=1S/C19H17F5N6O3/c1-4-12(29-6-10(5-25-29)30(32)33)19(31)26-18-8(2)27-28(9(18)3)7-11-13(20)15(22)17(24)16(23)14(11)21/h5-6,12H,4,7H2,1-3H3,(H,26,31). The molecule has 0 radical (unpaired) electrons. The minimum absolute atomic E-state index is 0.156. The molecular weight excluding hydrogens is 455 g/mol. The van der Waals surface area contributed by atoms with Crippen LogP contribution in [0.4, 0.5) is 33.3 Å². The number of carbonyl (C=O) groups is 1. The zero-order valence-electron chi connectivity index (χ0n) is 17.5. The Morgan fingerprint density at radius 1 is 1.12 bits per heavy atom. The molecule has 176 valence electrons. The van der Waals surface area contributed by atoms with Crippen LogP contribution in [-0.4, -0.2) is 30.4 Å². The van der Waals surface area contributed by atoms with Gasteiger partial charge in [0.2, 0.25) is 11.7 Å². The summed E-state index contributed by atoms with van der Waals surface area (Å²) in [4.78, 5) is 23.0. The first-order valence-electron chi connectivity index (χ1n) is 9.51. The lowest BCUT2D eigenvalue weighted by atomic mass is 10.1. The molecule has 0 saturated carbocycles. The van der Waals surface area contributed by atoms with Crippen molar-refractivity contribution in [2.75, 3.05) is 5.32 Å². The van der Waals surface area contributed by atoms with Gasteiger partial charge in [0.05, 0.1) is 34.1 Å². The Balaban J connectivity index is 1.89. The van der Waals surface area contributed by atoms with Gasteiger partial charge in [-0.3, -0.25) is 24.3 Å². The molecule has 0 aliphatic carbocycles. The Labute approximate surface area is 183 Å². The molecule has 0 saturated heterocycles. The highest BCUT2D eigenvalue weighted by Gasteiger charge is 2.28. The van der Waals surface area contributed by atoms with Gasteiger partial charge in [-0.1, -0.05) is 6.92 Å². The second-order valence-corrected chi connectivity index (χ2v) is 7.10. The zero-order valence-corrected chi connectivity index (χ0v) is 17.5. The van der Waals surface area contributed by atoms with Crippen molar-refractivity contribution in [1.82, 2.24) is 19.6 Å². The van der Waals surface area contributed by atoms with Gasteiger partial charge in [0.15, 0.2) is 23.3 Å². The van der Waals surface area contributed by atoms with E-state index in [0.717, 1.165) is 21.8 Å². The van der Waals surface area contributed by atoms with E-state index in [1.54, 1.807) is 6.92 Å². The molecule has 2 aromatic heterocycles. The van der Waals surface area contributed by atoms with Crippen LogP contribution in [-0.2, 0) is 11.3 Å². The number of carbonyl (C=O) groups excluding carboxylic acids is 1. The largest absolute Gasteiger partial charge is 0.321 e. The molecule has 0 aliphatic rings. The fraction of sp³-hybridized carbons (Fsp3) is 0.316. The van der Waals surface area contributed by atoms with E-state index in [0.29, 0.717) is 0 Å². The van der Waals surface area contributed by atoms with Crippen molar-refractivity contribution in [2.24, 2.45) is 0 Å². The summed E-state index contributed by atoms with van der Waals surface area (Å²) in [7, 11) is 0. The Hall–Kier alpha value is -3.84. The van der Waals surface area contributed by atoms with E-state index in [4.69, 9.17) is 0 Å². The number of benzene rings is 1. The fourth-order valence-corrected chi connectivity index (χ4v) is 3.26. The van der Waals surface area contributed by atoms with Gasteiger partial charge in [0, 0.05) is 0 Å². The first-order chi connectivity index (χ1) is 15.5. The van der Waals surface area contributed by atoms with E-state index in [2.05, 4.69) is 15.5 Å². The number of rotatable bonds is 7. The van der Waals surface area contributed by atoms with Gasteiger partial charge in [-0.05, 0) is 20.3 Å². The predicted octanol–water partition coefficient (Wildman–Crippen LogP) is 3.94. The van der Waals surface area contributed by atoms with Gasteiger partial charge in [0.25, 0.3) is 0 Å². The van der Waals surface area contributed by atoms with Crippen LogP contribution in [0.2, 0.25) is 0 Å². The van der Waals surface area contributed by atoms with E-state index in [9.17, 15) is 36.9 Å². The lowest BCUT2D eigenvalue weighted by Gasteiger charge is -2.15. The van der Waals surface area contributed by atoms with Crippen LogP contribution in [0.25, 0.3) is 0 Å². The van der Waals surface area contributed by atoms with E-state index < -0.39 is 58.1 Å². The summed E-state index contributed by atoms with van der Waals surface area (Å²) in [5.41, 5.74) is -0.824. The molecule has 2 heterocycles. The molecule has 1 N–H and O–H groups in total. The monoisotopic (exact) mass is 472 g/mol. The third kappa shape index (κ3) is 4.27. The number of anilines is 1. The number of nitrogens with zero attached hydrogens (tertiary/aromatic N) is 5.